The standard InChI is InChI=1S/C23H23N3O3/c1-28-17-7-6-15-12-21(23(9-3-10-23)29-20(15)13-17)26-22(27)25-19-5-2-4-16-14-24-11-8-18(16)19/h2,4-8,11,13-14,21H,3,9-10,12H2,1H3,(H2,25,26,27). The molecule has 1 atom stereocenters. The van der Waals surface area contributed by atoms with Gasteiger partial charge in [0.25, 0.3) is 0 Å². The van der Waals surface area contributed by atoms with Crippen molar-refractivity contribution < 1.29 is 14.3 Å². The quantitative estimate of drug-likeness (QED) is 0.701. The average molecular weight is 389 g/mol. The molecule has 29 heavy (non-hydrogen) atoms. The number of amides is 2. The van der Waals surface area contributed by atoms with Crippen molar-refractivity contribution in [1.29, 1.82) is 0 Å². The highest BCUT2D eigenvalue weighted by molar-refractivity contribution is 6.01. The number of nitrogens with one attached hydrogen (secondary N) is 2. The number of anilines is 1. The van der Waals surface area contributed by atoms with E-state index in [1.54, 1.807) is 19.5 Å². The van der Waals surface area contributed by atoms with E-state index >= 15 is 0 Å². The number of urea groups is 1. The van der Waals surface area contributed by atoms with Gasteiger partial charge in [0.05, 0.1) is 18.8 Å². The van der Waals surface area contributed by atoms with Gasteiger partial charge in [-0.2, -0.15) is 0 Å². The van der Waals surface area contributed by atoms with Gasteiger partial charge in [-0.05, 0) is 43.0 Å². The Bertz CT molecular complexity index is 1070. The molecule has 148 valence electrons. The Balaban J connectivity index is 1.37. The normalized spacial score (nSPS) is 19.0. The zero-order chi connectivity index (χ0) is 19.8. The molecule has 1 spiro atoms. The third-order valence-electron chi connectivity index (χ3n) is 6.08. The number of fused-ring (bicyclic) bond motifs is 2. The van der Waals surface area contributed by atoms with Crippen LogP contribution in [-0.2, 0) is 6.42 Å². The molecule has 0 radical (unpaired) electrons. The SMILES string of the molecule is COc1ccc2c(c1)OC1(CCC1)C(NC(=O)Nc1cccc3cnccc13)C2. The van der Waals surface area contributed by atoms with Crippen molar-refractivity contribution in [2.75, 3.05) is 12.4 Å². The van der Waals surface area contributed by atoms with Crippen LogP contribution in [0.25, 0.3) is 10.8 Å². The molecule has 2 heterocycles. The number of nitrogens with zero attached hydrogens (tertiary/aromatic N) is 1. The molecule has 1 fully saturated rings. The van der Waals surface area contributed by atoms with Crippen LogP contribution in [0.3, 0.4) is 0 Å². The van der Waals surface area contributed by atoms with Gasteiger partial charge in [-0.1, -0.05) is 18.2 Å². The lowest BCUT2D eigenvalue weighted by molar-refractivity contribution is -0.0481. The van der Waals surface area contributed by atoms with Crippen LogP contribution in [0.15, 0.2) is 54.9 Å². The Morgan fingerprint density at radius 1 is 1.24 bits per heavy atom. The summed E-state index contributed by atoms with van der Waals surface area (Å²) in [6, 6.07) is 13.3. The number of methoxy groups -OCH3 is 1. The van der Waals surface area contributed by atoms with Gasteiger partial charge in [0.15, 0.2) is 0 Å². The molecular weight excluding hydrogens is 366 g/mol. The first-order valence-corrected chi connectivity index (χ1v) is 9.93. The molecular formula is C23H23N3O3. The lowest BCUT2D eigenvalue weighted by atomic mass is 9.71. The van der Waals surface area contributed by atoms with E-state index in [-0.39, 0.29) is 17.7 Å². The van der Waals surface area contributed by atoms with Gasteiger partial charge in [0, 0.05) is 35.7 Å². The van der Waals surface area contributed by atoms with Crippen molar-refractivity contribution >= 4 is 22.5 Å². The summed E-state index contributed by atoms with van der Waals surface area (Å²) in [5.41, 5.74) is 1.52. The molecule has 5 rings (SSSR count). The molecule has 2 aromatic carbocycles. The van der Waals surface area contributed by atoms with Crippen molar-refractivity contribution in [2.45, 2.75) is 37.3 Å². The lowest BCUT2D eigenvalue weighted by Gasteiger charge is -2.50. The van der Waals surface area contributed by atoms with E-state index in [1.165, 1.54) is 0 Å². The number of hydrogen-bond donors (Lipinski definition) is 2. The van der Waals surface area contributed by atoms with Crippen molar-refractivity contribution in [2.24, 2.45) is 0 Å². The van der Waals surface area contributed by atoms with Crippen molar-refractivity contribution in [3.63, 3.8) is 0 Å². The van der Waals surface area contributed by atoms with E-state index in [1.807, 2.05) is 42.5 Å². The second-order valence-electron chi connectivity index (χ2n) is 7.75. The predicted molar refractivity (Wildman–Crippen MR) is 112 cm³/mol. The van der Waals surface area contributed by atoms with E-state index in [0.717, 1.165) is 59.2 Å². The number of pyridine rings is 1. The Hall–Kier alpha value is -3.28. The summed E-state index contributed by atoms with van der Waals surface area (Å²) in [4.78, 5) is 17.0. The minimum absolute atomic E-state index is 0.0752. The van der Waals surface area contributed by atoms with Crippen molar-refractivity contribution in [3.05, 3.63) is 60.4 Å². The fourth-order valence-electron chi connectivity index (χ4n) is 4.33. The second kappa shape index (κ2) is 6.95. The monoisotopic (exact) mass is 389 g/mol. The molecule has 1 saturated carbocycles. The van der Waals surface area contributed by atoms with Gasteiger partial charge >= 0.3 is 6.03 Å². The zero-order valence-electron chi connectivity index (χ0n) is 16.3. The summed E-state index contributed by atoms with van der Waals surface area (Å²) >= 11 is 0. The van der Waals surface area contributed by atoms with Crippen LogP contribution in [0, 0.1) is 0 Å². The Morgan fingerprint density at radius 2 is 2.14 bits per heavy atom. The maximum Gasteiger partial charge on any atom is 0.319 e. The van der Waals surface area contributed by atoms with E-state index < -0.39 is 0 Å². The number of aromatic nitrogens is 1. The molecule has 2 amide bonds. The smallest absolute Gasteiger partial charge is 0.319 e. The Morgan fingerprint density at radius 3 is 2.93 bits per heavy atom. The van der Waals surface area contributed by atoms with Crippen molar-refractivity contribution in [3.8, 4) is 11.5 Å². The van der Waals surface area contributed by atoms with E-state index in [9.17, 15) is 4.79 Å². The highest BCUT2D eigenvalue weighted by Gasteiger charge is 2.50. The largest absolute Gasteiger partial charge is 0.497 e. The summed E-state index contributed by atoms with van der Waals surface area (Å²) in [7, 11) is 1.65. The molecule has 0 bridgehead atoms. The molecule has 6 heteroatoms. The Labute approximate surface area is 169 Å². The van der Waals surface area contributed by atoms with Gasteiger partial charge in [0.2, 0.25) is 0 Å². The number of carbonyl (C=O) groups is 1. The fourth-order valence-corrected chi connectivity index (χ4v) is 4.33. The van der Waals surface area contributed by atoms with Crippen LogP contribution in [0.1, 0.15) is 24.8 Å². The first-order chi connectivity index (χ1) is 14.2. The van der Waals surface area contributed by atoms with Gasteiger partial charge < -0.3 is 20.1 Å². The van der Waals surface area contributed by atoms with Crippen LogP contribution < -0.4 is 20.1 Å². The number of benzene rings is 2. The number of hydrogen-bond acceptors (Lipinski definition) is 4. The van der Waals surface area contributed by atoms with Crippen LogP contribution in [-0.4, -0.2) is 29.8 Å². The molecule has 6 nitrogen and oxygen atoms in total. The van der Waals surface area contributed by atoms with Crippen LogP contribution in [0.4, 0.5) is 10.5 Å². The summed E-state index contributed by atoms with van der Waals surface area (Å²) in [5, 5.41) is 8.14. The molecule has 1 unspecified atom stereocenters. The molecule has 1 aromatic heterocycles. The van der Waals surface area contributed by atoms with Crippen LogP contribution in [0.5, 0.6) is 11.5 Å². The van der Waals surface area contributed by atoms with Crippen molar-refractivity contribution in [1.82, 2.24) is 10.3 Å². The van der Waals surface area contributed by atoms with Crippen LogP contribution >= 0.6 is 0 Å². The lowest BCUT2D eigenvalue weighted by Crippen LogP contribution is -2.63. The molecule has 0 saturated heterocycles. The summed E-state index contributed by atoms with van der Waals surface area (Å²) in [5.74, 6) is 1.65. The first kappa shape index (κ1) is 17.8. The molecule has 2 N–H and O–H groups in total. The van der Waals surface area contributed by atoms with Gasteiger partial charge in [0.1, 0.15) is 17.1 Å². The van der Waals surface area contributed by atoms with Gasteiger partial charge in [-0.3, -0.25) is 4.98 Å². The van der Waals surface area contributed by atoms with Crippen LogP contribution in [0.2, 0.25) is 0 Å². The number of carbonyl (C=O) groups excluding carboxylic acids is 1. The molecule has 2 aliphatic rings. The van der Waals surface area contributed by atoms with Gasteiger partial charge in [-0.15, -0.1) is 0 Å². The third kappa shape index (κ3) is 3.14. The van der Waals surface area contributed by atoms with E-state index in [4.69, 9.17) is 9.47 Å². The minimum atomic E-state index is -0.334. The topological polar surface area (TPSA) is 72.5 Å². The average Bonchev–Trinajstić information content (AvgIpc) is 2.72. The number of rotatable bonds is 3. The summed E-state index contributed by atoms with van der Waals surface area (Å²) < 4.78 is 11.7. The third-order valence-corrected chi connectivity index (χ3v) is 6.08. The molecule has 1 aliphatic heterocycles. The second-order valence-corrected chi connectivity index (χ2v) is 7.75. The first-order valence-electron chi connectivity index (χ1n) is 9.93. The van der Waals surface area contributed by atoms with Gasteiger partial charge in [-0.25, -0.2) is 4.79 Å². The molecule has 3 aromatic rings. The molecule has 1 aliphatic carbocycles. The summed E-state index contributed by atoms with van der Waals surface area (Å²) in [6.45, 7) is 0. The summed E-state index contributed by atoms with van der Waals surface area (Å²) in [6.07, 6.45) is 7.25. The number of ether oxygens (including phenoxy) is 2. The fraction of sp³-hybridized carbons (Fsp3) is 0.304. The Kier molecular flexibility index (Phi) is 4.27. The predicted octanol–water partition coefficient (Wildman–Crippen LogP) is 4.29. The highest BCUT2D eigenvalue weighted by Crippen LogP contribution is 2.46. The van der Waals surface area contributed by atoms with E-state index in [0.29, 0.717) is 0 Å². The minimum Gasteiger partial charge on any atom is -0.497 e. The maximum absolute atomic E-state index is 12.9. The zero-order valence-corrected chi connectivity index (χ0v) is 16.3. The van der Waals surface area contributed by atoms with E-state index in [2.05, 4.69) is 15.6 Å². The maximum atomic E-state index is 12.9. The highest BCUT2D eigenvalue weighted by atomic mass is 16.5.